The van der Waals surface area contributed by atoms with E-state index in [0.717, 1.165) is 21.3 Å². The Bertz CT molecular complexity index is 664. The van der Waals surface area contributed by atoms with Crippen LogP contribution in [0, 0.1) is 5.82 Å². The summed E-state index contributed by atoms with van der Waals surface area (Å²) in [5.74, 6) is 0.292. The third kappa shape index (κ3) is 2.55. The fourth-order valence-corrected chi connectivity index (χ4v) is 2.85. The third-order valence-electron chi connectivity index (χ3n) is 3.43. The normalized spacial score (nSPS) is 21.2. The van der Waals surface area contributed by atoms with Gasteiger partial charge in [-0.3, -0.25) is 0 Å². The molecule has 0 aromatic heterocycles. The lowest BCUT2D eigenvalue weighted by molar-refractivity contribution is 0.161. The molecule has 0 amide bonds. The quantitative estimate of drug-likeness (QED) is 0.799. The number of hydrogen-bond acceptors (Lipinski definition) is 2. The predicted molar refractivity (Wildman–Crippen MR) is 80.5 cm³/mol. The van der Waals surface area contributed by atoms with Gasteiger partial charge in [-0.15, -0.1) is 0 Å². The molecular weight excluding hydrogens is 345 g/mol. The number of halogens is 3. The molecule has 2 aromatic carbocycles. The van der Waals surface area contributed by atoms with Gasteiger partial charge in [0.1, 0.15) is 17.7 Å². The molecule has 1 aliphatic heterocycles. The smallest absolute Gasteiger partial charge is 0.142 e. The minimum absolute atomic E-state index is 0.108. The minimum atomic E-state index is -0.443. The zero-order valence-electron chi connectivity index (χ0n) is 10.4. The Labute approximate surface area is 129 Å². The molecule has 1 heterocycles. The summed E-state index contributed by atoms with van der Waals surface area (Å²) in [5.41, 5.74) is 7.89. The van der Waals surface area contributed by atoms with Crippen molar-refractivity contribution in [1.29, 1.82) is 0 Å². The monoisotopic (exact) mass is 355 g/mol. The van der Waals surface area contributed by atoms with Crippen LogP contribution in [0.25, 0.3) is 0 Å². The molecule has 2 N–H and O–H groups in total. The van der Waals surface area contributed by atoms with Crippen molar-refractivity contribution in [3.8, 4) is 5.75 Å². The number of nitrogens with two attached hydrogens (primary N) is 1. The van der Waals surface area contributed by atoms with Gasteiger partial charge in [-0.05, 0) is 29.8 Å². The summed E-state index contributed by atoms with van der Waals surface area (Å²) in [7, 11) is 0. The molecule has 0 aliphatic carbocycles. The third-order valence-corrected chi connectivity index (χ3v) is 4.23. The number of hydrogen-bond donors (Lipinski definition) is 1. The number of fused-ring (bicyclic) bond motifs is 1. The summed E-state index contributed by atoms with van der Waals surface area (Å²) >= 11 is 9.11. The molecule has 0 spiro atoms. The number of ether oxygens (including phenoxy) is 1. The van der Waals surface area contributed by atoms with Crippen LogP contribution in [0.3, 0.4) is 0 Å². The van der Waals surface area contributed by atoms with Gasteiger partial charge in [-0.2, -0.15) is 0 Å². The molecule has 20 heavy (non-hydrogen) atoms. The van der Waals surface area contributed by atoms with Crippen molar-refractivity contribution in [1.82, 2.24) is 0 Å². The number of benzene rings is 2. The van der Waals surface area contributed by atoms with E-state index in [2.05, 4.69) is 15.9 Å². The van der Waals surface area contributed by atoms with Crippen LogP contribution in [0.2, 0.25) is 5.02 Å². The van der Waals surface area contributed by atoms with Gasteiger partial charge in [-0.1, -0.05) is 39.7 Å². The van der Waals surface area contributed by atoms with Crippen LogP contribution in [0.15, 0.2) is 40.9 Å². The van der Waals surface area contributed by atoms with Gasteiger partial charge in [-0.25, -0.2) is 4.39 Å². The van der Waals surface area contributed by atoms with Crippen LogP contribution in [0.4, 0.5) is 4.39 Å². The Kier molecular flexibility index (Phi) is 3.71. The lowest BCUT2D eigenvalue weighted by Crippen LogP contribution is -2.24. The first kappa shape index (κ1) is 13.9. The van der Waals surface area contributed by atoms with E-state index in [-0.39, 0.29) is 17.2 Å². The lowest BCUT2D eigenvalue weighted by atomic mass is 9.93. The fourth-order valence-electron chi connectivity index (χ4n) is 2.39. The van der Waals surface area contributed by atoms with Crippen molar-refractivity contribution in [2.24, 2.45) is 5.73 Å². The molecule has 0 fully saturated rings. The fraction of sp³-hybridized carbons (Fsp3) is 0.200. The standard InChI is InChI=1S/C15H12BrClFNO/c16-9-2-3-10-13(19)7-14(20-15(10)6-9)8-1-4-11(17)12(18)5-8/h1-6,13-14H,7,19H2/t13-,14?/m1/s1. The highest BCUT2D eigenvalue weighted by Crippen LogP contribution is 2.41. The predicted octanol–water partition coefficient (Wildman–Crippen LogP) is 4.77. The van der Waals surface area contributed by atoms with Gasteiger partial charge < -0.3 is 10.5 Å². The Hall–Kier alpha value is -1.10. The Balaban J connectivity index is 1.96. The minimum Gasteiger partial charge on any atom is -0.485 e. The molecule has 5 heteroatoms. The average molecular weight is 357 g/mol. The molecule has 104 valence electrons. The SMILES string of the molecule is N[C@@H]1CC(c2ccc(Cl)c(F)c2)Oc2cc(Br)ccc21. The Morgan fingerprint density at radius 1 is 1.25 bits per heavy atom. The molecule has 0 saturated carbocycles. The molecule has 1 unspecified atom stereocenters. The Morgan fingerprint density at radius 2 is 2.05 bits per heavy atom. The van der Waals surface area contributed by atoms with Crippen molar-refractivity contribution in [2.75, 3.05) is 0 Å². The molecule has 0 bridgehead atoms. The van der Waals surface area contributed by atoms with E-state index < -0.39 is 5.82 Å². The maximum absolute atomic E-state index is 13.6. The summed E-state index contributed by atoms with van der Waals surface area (Å²) in [5, 5.41) is 0.108. The molecular formula is C15H12BrClFNO. The van der Waals surface area contributed by atoms with E-state index in [1.165, 1.54) is 12.1 Å². The average Bonchev–Trinajstić information content (AvgIpc) is 2.41. The lowest BCUT2D eigenvalue weighted by Gasteiger charge is -2.30. The van der Waals surface area contributed by atoms with Gasteiger partial charge in [0.05, 0.1) is 5.02 Å². The van der Waals surface area contributed by atoms with Crippen molar-refractivity contribution in [3.63, 3.8) is 0 Å². The second-order valence-corrected chi connectivity index (χ2v) is 6.13. The van der Waals surface area contributed by atoms with Gasteiger partial charge >= 0.3 is 0 Å². The second-order valence-electron chi connectivity index (χ2n) is 4.80. The van der Waals surface area contributed by atoms with Crippen LogP contribution in [0.5, 0.6) is 5.75 Å². The first-order valence-electron chi connectivity index (χ1n) is 6.21. The van der Waals surface area contributed by atoms with Gasteiger partial charge in [0.2, 0.25) is 0 Å². The van der Waals surface area contributed by atoms with E-state index in [1.807, 2.05) is 18.2 Å². The van der Waals surface area contributed by atoms with E-state index in [4.69, 9.17) is 22.1 Å². The van der Waals surface area contributed by atoms with Crippen LogP contribution < -0.4 is 10.5 Å². The summed E-state index contributed by atoms with van der Waals surface area (Å²) < 4.78 is 20.4. The molecule has 2 aromatic rings. The van der Waals surface area contributed by atoms with Crippen molar-refractivity contribution in [3.05, 3.63) is 62.8 Å². The van der Waals surface area contributed by atoms with E-state index >= 15 is 0 Å². The van der Waals surface area contributed by atoms with Crippen molar-refractivity contribution < 1.29 is 9.13 Å². The van der Waals surface area contributed by atoms with E-state index in [0.29, 0.717) is 6.42 Å². The maximum Gasteiger partial charge on any atom is 0.142 e. The first-order chi connectivity index (χ1) is 9.54. The van der Waals surface area contributed by atoms with E-state index in [1.54, 1.807) is 6.07 Å². The highest BCUT2D eigenvalue weighted by Gasteiger charge is 2.27. The maximum atomic E-state index is 13.6. The van der Waals surface area contributed by atoms with Crippen molar-refractivity contribution >= 4 is 27.5 Å². The first-order valence-corrected chi connectivity index (χ1v) is 7.38. The number of rotatable bonds is 1. The molecule has 1 aliphatic rings. The molecule has 3 rings (SSSR count). The molecule has 2 atom stereocenters. The summed E-state index contributed by atoms with van der Waals surface area (Å²) in [4.78, 5) is 0. The van der Waals surface area contributed by atoms with Crippen LogP contribution in [0.1, 0.15) is 29.7 Å². The van der Waals surface area contributed by atoms with Gasteiger partial charge in [0.15, 0.2) is 0 Å². The van der Waals surface area contributed by atoms with Crippen LogP contribution in [-0.4, -0.2) is 0 Å². The summed E-state index contributed by atoms with van der Waals surface area (Å²) in [6.45, 7) is 0. The molecule has 2 nitrogen and oxygen atoms in total. The highest BCUT2D eigenvalue weighted by atomic mass is 79.9. The Morgan fingerprint density at radius 3 is 2.80 bits per heavy atom. The van der Waals surface area contributed by atoms with Crippen LogP contribution >= 0.6 is 27.5 Å². The highest BCUT2D eigenvalue weighted by molar-refractivity contribution is 9.10. The summed E-state index contributed by atoms with van der Waals surface area (Å²) in [6, 6.07) is 10.3. The molecule has 0 radical (unpaired) electrons. The van der Waals surface area contributed by atoms with Gasteiger partial charge in [0, 0.05) is 22.5 Å². The molecule has 0 saturated heterocycles. The summed E-state index contributed by atoms with van der Waals surface area (Å²) in [6.07, 6.45) is 0.342. The largest absolute Gasteiger partial charge is 0.485 e. The van der Waals surface area contributed by atoms with Crippen molar-refractivity contribution in [2.45, 2.75) is 18.6 Å². The zero-order chi connectivity index (χ0) is 14.3. The van der Waals surface area contributed by atoms with Crippen LogP contribution in [-0.2, 0) is 0 Å². The van der Waals surface area contributed by atoms with Gasteiger partial charge in [0.25, 0.3) is 0 Å². The second kappa shape index (κ2) is 5.35. The zero-order valence-corrected chi connectivity index (χ0v) is 12.8. The topological polar surface area (TPSA) is 35.2 Å². The van der Waals surface area contributed by atoms with E-state index in [9.17, 15) is 4.39 Å².